The summed E-state index contributed by atoms with van der Waals surface area (Å²) < 4.78 is 30.2. The molecule has 0 bridgehead atoms. The molecule has 2 unspecified atom stereocenters. The van der Waals surface area contributed by atoms with Gasteiger partial charge in [-0.3, -0.25) is 0 Å². The van der Waals surface area contributed by atoms with E-state index in [-0.39, 0.29) is 11.2 Å². The average molecular weight is 329 g/mol. The van der Waals surface area contributed by atoms with Crippen molar-refractivity contribution in [2.75, 3.05) is 12.4 Å². The molecule has 0 saturated carbocycles. The van der Waals surface area contributed by atoms with Crippen molar-refractivity contribution in [3.8, 4) is 5.75 Å². The Balaban J connectivity index is 1.94. The molecule has 0 aliphatic carbocycles. The van der Waals surface area contributed by atoms with E-state index in [9.17, 15) is 8.42 Å². The molecular formula is C16H21ClO3S. The van der Waals surface area contributed by atoms with Gasteiger partial charge in [0.05, 0.1) is 23.0 Å². The fourth-order valence-corrected chi connectivity index (χ4v) is 5.92. The van der Waals surface area contributed by atoms with Gasteiger partial charge in [-0.05, 0) is 30.5 Å². The minimum Gasteiger partial charge on any atom is -0.492 e. The van der Waals surface area contributed by atoms with Crippen LogP contribution in [0.4, 0.5) is 0 Å². The van der Waals surface area contributed by atoms with Crippen molar-refractivity contribution in [3.63, 3.8) is 0 Å². The summed E-state index contributed by atoms with van der Waals surface area (Å²) in [4.78, 5) is 0. The first-order valence-electron chi connectivity index (χ1n) is 7.44. The van der Waals surface area contributed by atoms with Gasteiger partial charge >= 0.3 is 0 Å². The molecule has 1 fully saturated rings. The topological polar surface area (TPSA) is 43.4 Å². The van der Waals surface area contributed by atoms with Crippen LogP contribution < -0.4 is 4.74 Å². The second kappa shape index (κ2) is 5.17. The van der Waals surface area contributed by atoms with E-state index in [2.05, 4.69) is 13.8 Å². The lowest BCUT2D eigenvalue weighted by Crippen LogP contribution is -2.32. The molecule has 2 aliphatic rings. The van der Waals surface area contributed by atoms with Crippen LogP contribution >= 0.6 is 11.6 Å². The Kier molecular flexibility index (Phi) is 3.73. The smallest absolute Gasteiger partial charge is 0.154 e. The fraction of sp³-hybridized carbons (Fsp3) is 0.625. The standard InChI is InChI=1S/C16H21ClO3S/c1-16(2)10-20-13-7-6-11(9-12(13)16)15(17)14-5-3-4-8-21(14,18)19/h6-7,9,14-15H,3-5,8,10H2,1-2H3. The Morgan fingerprint density at radius 3 is 2.81 bits per heavy atom. The van der Waals surface area contributed by atoms with Crippen LogP contribution in [0.3, 0.4) is 0 Å². The molecule has 116 valence electrons. The molecule has 3 nitrogen and oxygen atoms in total. The third kappa shape index (κ3) is 2.68. The Bertz CT molecular complexity index is 651. The molecule has 5 heteroatoms. The molecule has 0 radical (unpaired) electrons. The van der Waals surface area contributed by atoms with E-state index < -0.39 is 20.5 Å². The molecule has 1 aromatic carbocycles. The summed E-state index contributed by atoms with van der Waals surface area (Å²) in [5.74, 6) is 1.15. The van der Waals surface area contributed by atoms with Crippen LogP contribution in [0.1, 0.15) is 49.6 Å². The lowest BCUT2D eigenvalue weighted by atomic mass is 9.85. The van der Waals surface area contributed by atoms with Crippen molar-refractivity contribution in [1.29, 1.82) is 0 Å². The second-order valence-electron chi connectivity index (χ2n) is 6.73. The zero-order chi connectivity index (χ0) is 15.3. The third-order valence-electron chi connectivity index (χ3n) is 4.59. The molecule has 0 spiro atoms. The number of hydrogen-bond donors (Lipinski definition) is 0. The summed E-state index contributed by atoms with van der Waals surface area (Å²) >= 11 is 6.54. The minimum absolute atomic E-state index is 0.0482. The number of alkyl halides is 1. The molecule has 0 N–H and O–H groups in total. The van der Waals surface area contributed by atoms with Gasteiger partial charge in [0, 0.05) is 11.0 Å². The largest absolute Gasteiger partial charge is 0.492 e. The highest BCUT2D eigenvalue weighted by atomic mass is 35.5. The van der Waals surface area contributed by atoms with E-state index in [0.717, 1.165) is 29.7 Å². The molecule has 0 aromatic heterocycles. The summed E-state index contributed by atoms with van der Waals surface area (Å²) in [5.41, 5.74) is 1.97. The number of benzene rings is 1. The molecular weight excluding hydrogens is 308 g/mol. The quantitative estimate of drug-likeness (QED) is 0.779. The average Bonchev–Trinajstić information content (AvgIpc) is 2.73. The van der Waals surface area contributed by atoms with Gasteiger partial charge in [-0.2, -0.15) is 0 Å². The normalized spacial score (nSPS) is 27.7. The van der Waals surface area contributed by atoms with Gasteiger partial charge in [0.25, 0.3) is 0 Å². The number of rotatable bonds is 2. The Hall–Kier alpha value is -0.740. The van der Waals surface area contributed by atoms with Gasteiger partial charge in [-0.15, -0.1) is 11.6 Å². The number of sulfone groups is 1. The number of halogens is 1. The van der Waals surface area contributed by atoms with Crippen molar-refractivity contribution < 1.29 is 13.2 Å². The van der Waals surface area contributed by atoms with Crippen LogP contribution in [0.2, 0.25) is 0 Å². The lowest BCUT2D eigenvalue weighted by Gasteiger charge is -2.27. The molecule has 2 heterocycles. The van der Waals surface area contributed by atoms with E-state index in [4.69, 9.17) is 16.3 Å². The lowest BCUT2D eigenvalue weighted by molar-refractivity contribution is 0.291. The first-order chi connectivity index (χ1) is 9.81. The fourth-order valence-electron chi connectivity index (χ4n) is 3.23. The van der Waals surface area contributed by atoms with E-state index in [1.807, 2.05) is 18.2 Å². The molecule has 21 heavy (non-hydrogen) atoms. The SMILES string of the molecule is CC1(C)COc2ccc(C(Cl)C3CCCCS3(=O)=O)cc21. The molecule has 2 aliphatic heterocycles. The highest BCUT2D eigenvalue weighted by molar-refractivity contribution is 7.92. The third-order valence-corrected chi connectivity index (χ3v) is 7.59. The van der Waals surface area contributed by atoms with Crippen LogP contribution in [-0.2, 0) is 15.3 Å². The molecule has 1 aromatic rings. The van der Waals surface area contributed by atoms with Gasteiger partial charge in [0.15, 0.2) is 9.84 Å². The number of ether oxygens (including phenoxy) is 1. The first-order valence-corrected chi connectivity index (χ1v) is 9.59. The zero-order valence-corrected chi connectivity index (χ0v) is 14.0. The van der Waals surface area contributed by atoms with Gasteiger partial charge in [0.1, 0.15) is 5.75 Å². The van der Waals surface area contributed by atoms with Crippen molar-refractivity contribution in [1.82, 2.24) is 0 Å². The van der Waals surface area contributed by atoms with Crippen molar-refractivity contribution in [2.24, 2.45) is 0 Å². The van der Waals surface area contributed by atoms with Crippen LogP contribution in [-0.4, -0.2) is 26.0 Å². The van der Waals surface area contributed by atoms with Crippen LogP contribution in [0, 0.1) is 0 Å². The molecule has 2 atom stereocenters. The van der Waals surface area contributed by atoms with Crippen LogP contribution in [0.5, 0.6) is 5.75 Å². The van der Waals surface area contributed by atoms with Crippen molar-refractivity contribution >= 4 is 21.4 Å². The summed E-state index contributed by atoms with van der Waals surface area (Å²) in [5, 5.41) is -0.937. The van der Waals surface area contributed by atoms with Gasteiger partial charge in [0.2, 0.25) is 0 Å². The maximum atomic E-state index is 12.2. The summed E-state index contributed by atoms with van der Waals surface area (Å²) in [6, 6.07) is 5.86. The molecule has 3 rings (SSSR count). The molecule has 0 amide bonds. The predicted molar refractivity (Wildman–Crippen MR) is 85.0 cm³/mol. The Morgan fingerprint density at radius 1 is 1.33 bits per heavy atom. The maximum absolute atomic E-state index is 12.2. The second-order valence-corrected chi connectivity index (χ2v) is 9.54. The highest BCUT2D eigenvalue weighted by Gasteiger charge is 2.37. The zero-order valence-electron chi connectivity index (χ0n) is 12.4. The van der Waals surface area contributed by atoms with E-state index >= 15 is 0 Å². The van der Waals surface area contributed by atoms with E-state index in [1.54, 1.807) is 0 Å². The summed E-state index contributed by atoms with van der Waals surface area (Å²) in [7, 11) is -3.08. The highest BCUT2D eigenvalue weighted by Crippen LogP contribution is 2.42. The first kappa shape index (κ1) is 15.2. The van der Waals surface area contributed by atoms with Crippen molar-refractivity contribution in [2.45, 2.75) is 49.2 Å². The van der Waals surface area contributed by atoms with E-state index in [0.29, 0.717) is 13.0 Å². The van der Waals surface area contributed by atoms with E-state index in [1.165, 1.54) is 0 Å². The van der Waals surface area contributed by atoms with Crippen molar-refractivity contribution in [3.05, 3.63) is 29.3 Å². The van der Waals surface area contributed by atoms with Gasteiger partial charge in [-0.25, -0.2) is 8.42 Å². The van der Waals surface area contributed by atoms with Gasteiger partial charge < -0.3 is 4.74 Å². The maximum Gasteiger partial charge on any atom is 0.154 e. The minimum atomic E-state index is -3.08. The number of hydrogen-bond acceptors (Lipinski definition) is 3. The summed E-state index contributed by atoms with van der Waals surface area (Å²) in [6.45, 7) is 4.91. The Morgan fingerprint density at radius 2 is 2.10 bits per heavy atom. The van der Waals surface area contributed by atoms with Crippen LogP contribution in [0.25, 0.3) is 0 Å². The Labute approximate surface area is 131 Å². The summed E-state index contributed by atoms with van der Waals surface area (Å²) in [6.07, 6.45) is 2.35. The monoisotopic (exact) mass is 328 g/mol. The predicted octanol–water partition coefficient (Wildman–Crippen LogP) is 3.60. The molecule has 1 saturated heterocycles. The number of fused-ring (bicyclic) bond motifs is 1. The van der Waals surface area contributed by atoms with Crippen LogP contribution in [0.15, 0.2) is 18.2 Å². The van der Waals surface area contributed by atoms with Gasteiger partial charge in [-0.1, -0.05) is 26.3 Å².